The van der Waals surface area contributed by atoms with E-state index in [9.17, 15) is 9.18 Å². The van der Waals surface area contributed by atoms with E-state index in [1.165, 1.54) is 41.0 Å². The third-order valence-corrected chi connectivity index (χ3v) is 6.41. The number of halogens is 1. The third-order valence-electron chi connectivity index (χ3n) is 4.51. The van der Waals surface area contributed by atoms with Crippen LogP contribution in [0.1, 0.15) is 23.2 Å². The number of thioether (sulfide) groups is 1. The van der Waals surface area contributed by atoms with Crippen LogP contribution in [0.4, 0.5) is 10.1 Å². The van der Waals surface area contributed by atoms with E-state index in [2.05, 4.69) is 22.4 Å². The third kappa shape index (κ3) is 4.57. The SMILES string of the molecule is O=C(CSCc1csc(-c2ccc(F)cc2)n1)Nc1ccc2c(c1)CCC2. The quantitative estimate of drug-likeness (QED) is 0.612. The molecule has 1 aliphatic rings. The zero-order valence-corrected chi connectivity index (χ0v) is 16.3. The van der Waals surface area contributed by atoms with E-state index >= 15 is 0 Å². The van der Waals surface area contributed by atoms with Crippen molar-refractivity contribution in [1.82, 2.24) is 4.98 Å². The number of carbonyl (C=O) groups excluding carboxylic acids is 1. The highest BCUT2D eigenvalue weighted by Gasteiger charge is 2.12. The summed E-state index contributed by atoms with van der Waals surface area (Å²) in [5.74, 6) is 0.822. The van der Waals surface area contributed by atoms with Crippen molar-refractivity contribution in [2.24, 2.45) is 0 Å². The van der Waals surface area contributed by atoms with Gasteiger partial charge in [0.2, 0.25) is 5.91 Å². The largest absolute Gasteiger partial charge is 0.325 e. The van der Waals surface area contributed by atoms with Crippen molar-refractivity contribution in [2.75, 3.05) is 11.1 Å². The Kier molecular flexibility index (Phi) is 5.55. The summed E-state index contributed by atoms with van der Waals surface area (Å²) in [7, 11) is 0. The molecule has 0 atom stereocenters. The van der Waals surface area contributed by atoms with Gasteiger partial charge in [-0.05, 0) is 66.8 Å². The van der Waals surface area contributed by atoms with Gasteiger partial charge in [-0.15, -0.1) is 23.1 Å². The lowest BCUT2D eigenvalue weighted by molar-refractivity contribution is -0.113. The lowest BCUT2D eigenvalue weighted by Gasteiger charge is -2.07. The molecule has 3 aromatic rings. The molecule has 0 spiro atoms. The first-order chi connectivity index (χ1) is 13.2. The van der Waals surface area contributed by atoms with E-state index in [1.807, 2.05) is 11.4 Å². The van der Waals surface area contributed by atoms with Gasteiger partial charge in [0.15, 0.2) is 0 Å². The summed E-state index contributed by atoms with van der Waals surface area (Å²) in [5.41, 5.74) is 5.49. The van der Waals surface area contributed by atoms with Crippen LogP contribution in [0.15, 0.2) is 47.8 Å². The van der Waals surface area contributed by atoms with Crippen molar-refractivity contribution >= 4 is 34.7 Å². The lowest BCUT2D eigenvalue weighted by atomic mass is 10.1. The van der Waals surface area contributed by atoms with E-state index in [-0.39, 0.29) is 11.7 Å². The Morgan fingerprint density at radius 2 is 1.96 bits per heavy atom. The summed E-state index contributed by atoms with van der Waals surface area (Å²) in [5, 5.41) is 5.84. The number of fused-ring (bicyclic) bond motifs is 1. The zero-order chi connectivity index (χ0) is 18.6. The standard InChI is InChI=1S/C21H19FN2OS2/c22-17-7-4-15(5-8-17)21-24-19(12-27-21)11-26-13-20(25)23-18-9-6-14-2-1-3-16(14)10-18/h4-10,12H,1-3,11,13H2,(H,23,25). The van der Waals surface area contributed by atoms with Crippen molar-refractivity contribution in [3.05, 3.63) is 70.5 Å². The number of benzene rings is 2. The first-order valence-corrected chi connectivity index (χ1v) is 10.9. The molecule has 0 saturated carbocycles. The molecule has 138 valence electrons. The van der Waals surface area contributed by atoms with Crippen molar-refractivity contribution in [3.8, 4) is 10.6 Å². The van der Waals surface area contributed by atoms with Crippen molar-refractivity contribution < 1.29 is 9.18 Å². The number of amides is 1. The van der Waals surface area contributed by atoms with Crippen LogP contribution in [0.2, 0.25) is 0 Å². The first-order valence-electron chi connectivity index (χ1n) is 8.87. The van der Waals surface area contributed by atoms with E-state index in [0.29, 0.717) is 11.5 Å². The monoisotopic (exact) mass is 398 g/mol. The second-order valence-corrected chi connectivity index (χ2v) is 8.37. The maximum Gasteiger partial charge on any atom is 0.234 e. The Hall–Kier alpha value is -2.18. The number of nitrogens with one attached hydrogen (secondary N) is 1. The molecule has 27 heavy (non-hydrogen) atoms. The second-order valence-electron chi connectivity index (χ2n) is 6.53. The number of rotatable bonds is 6. The highest BCUT2D eigenvalue weighted by Crippen LogP contribution is 2.26. The van der Waals surface area contributed by atoms with Gasteiger partial charge >= 0.3 is 0 Å². The van der Waals surface area contributed by atoms with E-state index in [1.54, 1.807) is 23.9 Å². The molecule has 1 aliphatic carbocycles. The summed E-state index contributed by atoms with van der Waals surface area (Å²) in [6, 6.07) is 12.5. The van der Waals surface area contributed by atoms with Gasteiger partial charge < -0.3 is 5.32 Å². The molecule has 4 rings (SSSR count). The first kappa shape index (κ1) is 18.2. The van der Waals surface area contributed by atoms with Gasteiger partial charge in [-0.1, -0.05) is 6.07 Å². The fourth-order valence-electron chi connectivity index (χ4n) is 3.19. The van der Waals surface area contributed by atoms with Crippen LogP contribution in [-0.2, 0) is 23.4 Å². The molecule has 0 fully saturated rings. The minimum absolute atomic E-state index is 0.00642. The van der Waals surface area contributed by atoms with Crippen LogP contribution in [0.25, 0.3) is 10.6 Å². The fraction of sp³-hybridized carbons (Fsp3) is 0.238. The van der Waals surface area contributed by atoms with Gasteiger partial charge in [0.05, 0.1) is 11.4 Å². The summed E-state index contributed by atoms with van der Waals surface area (Å²) < 4.78 is 13.0. The Bertz CT molecular complexity index is 953. The number of hydrogen-bond acceptors (Lipinski definition) is 4. The molecule has 6 heteroatoms. The van der Waals surface area contributed by atoms with Crippen LogP contribution in [0.5, 0.6) is 0 Å². The topological polar surface area (TPSA) is 42.0 Å². The molecule has 3 nitrogen and oxygen atoms in total. The number of thiazole rings is 1. The predicted molar refractivity (Wildman–Crippen MR) is 111 cm³/mol. The second kappa shape index (κ2) is 8.23. The minimum atomic E-state index is -0.250. The summed E-state index contributed by atoms with van der Waals surface area (Å²) in [6.07, 6.45) is 3.46. The maximum absolute atomic E-state index is 13.0. The number of aromatic nitrogens is 1. The van der Waals surface area contributed by atoms with Gasteiger partial charge in [-0.3, -0.25) is 4.79 Å². The van der Waals surface area contributed by atoms with Crippen LogP contribution < -0.4 is 5.32 Å². The molecule has 1 heterocycles. The normalized spacial score (nSPS) is 12.8. The molecular weight excluding hydrogens is 379 g/mol. The maximum atomic E-state index is 13.0. The molecule has 0 saturated heterocycles. The average Bonchev–Trinajstić information content (AvgIpc) is 3.31. The van der Waals surface area contributed by atoms with E-state index < -0.39 is 0 Å². The average molecular weight is 399 g/mol. The van der Waals surface area contributed by atoms with Crippen LogP contribution >= 0.6 is 23.1 Å². The Morgan fingerprint density at radius 3 is 2.81 bits per heavy atom. The lowest BCUT2D eigenvalue weighted by Crippen LogP contribution is -2.14. The number of anilines is 1. The number of aryl methyl sites for hydroxylation is 2. The Morgan fingerprint density at radius 1 is 1.15 bits per heavy atom. The van der Waals surface area contributed by atoms with Crippen LogP contribution in [0, 0.1) is 5.82 Å². The predicted octanol–water partition coefficient (Wildman–Crippen LogP) is 5.31. The Labute approximate surface area is 166 Å². The molecule has 1 amide bonds. The molecule has 1 aromatic heterocycles. The number of hydrogen-bond donors (Lipinski definition) is 1. The molecule has 0 bridgehead atoms. The molecule has 0 radical (unpaired) electrons. The Balaban J connectivity index is 1.27. The minimum Gasteiger partial charge on any atom is -0.325 e. The van der Waals surface area contributed by atoms with Gasteiger partial charge in [0, 0.05) is 22.4 Å². The molecule has 0 unspecified atom stereocenters. The summed E-state index contributed by atoms with van der Waals surface area (Å²) in [4.78, 5) is 16.8. The zero-order valence-electron chi connectivity index (χ0n) is 14.7. The molecule has 1 N–H and O–H groups in total. The van der Waals surface area contributed by atoms with Gasteiger partial charge in [0.25, 0.3) is 0 Å². The highest BCUT2D eigenvalue weighted by atomic mass is 32.2. The van der Waals surface area contributed by atoms with Crippen molar-refractivity contribution in [3.63, 3.8) is 0 Å². The van der Waals surface area contributed by atoms with E-state index in [4.69, 9.17) is 0 Å². The van der Waals surface area contributed by atoms with E-state index in [0.717, 1.165) is 34.8 Å². The molecule has 2 aromatic carbocycles. The smallest absolute Gasteiger partial charge is 0.234 e. The van der Waals surface area contributed by atoms with Crippen molar-refractivity contribution in [2.45, 2.75) is 25.0 Å². The van der Waals surface area contributed by atoms with Gasteiger partial charge in [0.1, 0.15) is 10.8 Å². The summed E-state index contributed by atoms with van der Waals surface area (Å²) >= 11 is 3.08. The number of nitrogens with zero attached hydrogens (tertiary/aromatic N) is 1. The molecular formula is C21H19FN2OS2. The fourth-order valence-corrected chi connectivity index (χ4v) is 4.84. The van der Waals surface area contributed by atoms with Crippen LogP contribution in [-0.4, -0.2) is 16.6 Å². The van der Waals surface area contributed by atoms with Gasteiger partial charge in [-0.2, -0.15) is 0 Å². The highest BCUT2D eigenvalue weighted by molar-refractivity contribution is 7.99. The van der Waals surface area contributed by atoms with Crippen LogP contribution in [0.3, 0.4) is 0 Å². The van der Waals surface area contributed by atoms with Crippen molar-refractivity contribution in [1.29, 1.82) is 0 Å². The van der Waals surface area contributed by atoms with Gasteiger partial charge in [-0.25, -0.2) is 9.37 Å². The summed E-state index contributed by atoms with van der Waals surface area (Å²) in [6.45, 7) is 0. The number of carbonyl (C=O) groups is 1. The molecule has 0 aliphatic heterocycles.